The van der Waals surface area contributed by atoms with Crippen LogP contribution in [0.5, 0.6) is 11.5 Å². The summed E-state index contributed by atoms with van der Waals surface area (Å²) < 4.78 is 22.9. The normalized spacial score (nSPS) is 20.0. The van der Waals surface area contributed by atoms with Gasteiger partial charge in [-0.25, -0.2) is 28.8 Å². The zero-order chi connectivity index (χ0) is 28.1. The van der Waals surface area contributed by atoms with Gasteiger partial charge < -0.3 is 15.0 Å². The number of benzene rings is 1. The predicted molar refractivity (Wildman–Crippen MR) is 151 cm³/mol. The van der Waals surface area contributed by atoms with Gasteiger partial charge in [-0.15, -0.1) is 0 Å². The second kappa shape index (κ2) is 10.1. The van der Waals surface area contributed by atoms with Gasteiger partial charge in [0.05, 0.1) is 11.2 Å². The van der Waals surface area contributed by atoms with E-state index in [2.05, 4.69) is 31.9 Å². The van der Waals surface area contributed by atoms with Gasteiger partial charge in [-0.05, 0) is 62.1 Å². The van der Waals surface area contributed by atoms with Crippen molar-refractivity contribution in [3.8, 4) is 11.5 Å². The average Bonchev–Trinajstić information content (AvgIpc) is 3.57. The van der Waals surface area contributed by atoms with Crippen molar-refractivity contribution in [2.75, 3.05) is 5.32 Å². The minimum absolute atomic E-state index is 0.00389. The lowest BCUT2D eigenvalue weighted by Gasteiger charge is -2.38. The summed E-state index contributed by atoms with van der Waals surface area (Å²) in [5.74, 6) is 0.460. The number of ether oxygens (including phenoxy) is 1. The molecule has 41 heavy (non-hydrogen) atoms. The predicted octanol–water partition coefficient (Wildman–Crippen LogP) is 5.82. The third kappa shape index (κ3) is 4.51. The van der Waals surface area contributed by atoms with Gasteiger partial charge in [-0.1, -0.05) is 18.2 Å². The second-order valence-corrected chi connectivity index (χ2v) is 10.6. The summed E-state index contributed by atoms with van der Waals surface area (Å²) in [5.41, 5.74) is 2.77. The molecule has 1 aromatic carbocycles. The fourth-order valence-corrected chi connectivity index (χ4v) is 6.18. The number of amides is 1. The molecule has 6 heterocycles. The highest BCUT2D eigenvalue weighted by Gasteiger charge is 2.43. The van der Waals surface area contributed by atoms with Gasteiger partial charge in [0.1, 0.15) is 34.7 Å². The summed E-state index contributed by atoms with van der Waals surface area (Å²) in [6.45, 7) is 3.66. The first kappa shape index (κ1) is 25.3. The molecule has 2 unspecified atom stereocenters. The van der Waals surface area contributed by atoms with Crippen molar-refractivity contribution >= 4 is 45.7 Å². The van der Waals surface area contributed by atoms with Gasteiger partial charge in [-0.3, -0.25) is 4.79 Å². The Kier molecular flexibility index (Phi) is 6.23. The molecule has 2 aliphatic heterocycles. The van der Waals surface area contributed by atoms with E-state index >= 15 is 4.39 Å². The molecule has 0 aliphatic carbocycles. The number of aromatic nitrogens is 6. The minimum atomic E-state index is -0.688. The minimum Gasteiger partial charge on any atom is -0.455 e. The molecular weight excluding hydrogens is 547 g/mol. The number of carbonyl (C=O) groups excluding carboxylic acids is 1. The Bertz CT molecular complexity index is 1810. The van der Waals surface area contributed by atoms with Gasteiger partial charge in [0.25, 0.3) is 0 Å². The standard InChI is InChI=1S/C29H24ClFN8O2/c1-2-25(40)39-17-3-4-18(39)12-16(11-17)20-5-6-22-28(36-20)29(34-14-32-22)37-21-7-8-23(26(30)27(21)31)41-19-9-10-38-24(13-19)33-15-35-38/h2,5-10,13-18H,1,3-4,11-12H2,(H,32,34,37)/t16?,17-,18?/m0/s1. The van der Waals surface area contributed by atoms with Crippen LogP contribution in [0.1, 0.15) is 37.3 Å². The lowest BCUT2D eigenvalue weighted by Crippen LogP contribution is -2.45. The highest BCUT2D eigenvalue weighted by Crippen LogP contribution is 2.43. The third-order valence-electron chi connectivity index (χ3n) is 7.86. The maximum Gasteiger partial charge on any atom is 0.246 e. The fourth-order valence-electron chi connectivity index (χ4n) is 5.98. The van der Waals surface area contributed by atoms with E-state index in [4.69, 9.17) is 21.3 Å². The van der Waals surface area contributed by atoms with Crippen LogP contribution < -0.4 is 10.1 Å². The second-order valence-electron chi connectivity index (χ2n) is 10.2. The molecule has 10 nitrogen and oxygen atoms in total. The lowest BCUT2D eigenvalue weighted by molar-refractivity contribution is -0.130. The SMILES string of the molecule is C=CC(=O)N1C2CC[C@H]1CC(c1ccc3ncnc(Nc4ccc(Oc5ccn6ncnc6c5)c(Cl)c4F)c3n1)C2. The van der Waals surface area contributed by atoms with Crippen LogP contribution in [0.4, 0.5) is 15.9 Å². The Hall–Kier alpha value is -4.64. The number of rotatable bonds is 6. The molecule has 4 aromatic heterocycles. The van der Waals surface area contributed by atoms with Crippen LogP contribution in [0.2, 0.25) is 5.02 Å². The molecule has 2 saturated heterocycles. The summed E-state index contributed by atoms with van der Waals surface area (Å²) in [4.78, 5) is 32.1. The average molecular weight is 571 g/mol. The molecule has 12 heteroatoms. The Morgan fingerprint density at radius 3 is 2.73 bits per heavy atom. The van der Waals surface area contributed by atoms with Gasteiger partial charge in [-0.2, -0.15) is 5.10 Å². The lowest BCUT2D eigenvalue weighted by atomic mass is 9.87. The van der Waals surface area contributed by atoms with Crippen LogP contribution in [0.15, 0.2) is 67.9 Å². The number of nitrogens with one attached hydrogen (secondary N) is 1. The summed E-state index contributed by atoms with van der Waals surface area (Å²) in [6, 6.07) is 10.7. The van der Waals surface area contributed by atoms with Crippen molar-refractivity contribution in [2.45, 2.75) is 43.7 Å². The quantitative estimate of drug-likeness (QED) is 0.254. The Morgan fingerprint density at radius 2 is 1.93 bits per heavy atom. The Balaban J connectivity index is 1.15. The number of piperidine rings is 1. The van der Waals surface area contributed by atoms with Crippen molar-refractivity contribution < 1.29 is 13.9 Å². The number of halogens is 2. The van der Waals surface area contributed by atoms with Crippen LogP contribution in [0.3, 0.4) is 0 Å². The Labute approximate surface area is 238 Å². The third-order valence-corrected chi connectivity index (χ3v) is 8.22. The molecule has 1 amide bonds. The van der Waals surface area contributed by atoms with Crippen molar-refractivity contribution in [1.29, 1.82) is 0 Å². The van der Waals surface area contributed by atoms with E-state index in [1.54, 1.807) is 28.9 Å². The van der Waals surface area contributed by atoms with E-state index in [1.165, 1.54) is 24.8 Å². The number of hydrogen-bond donors (Lipinski definition) is 1. The van der Waals surface area contributed by atoms with Gasteiger partial charge in [0, 0.05) is 36.0 Å². The summed E-state index contributed by atoms with van der Waals surface area (Å²) in [7, 11) is 0. The molecule has 1 N–H and O–H groups in total. The van der Waals surface area contributed by atoms with E-state index in [-0.39, 0.29) is 40.4 Å². The van der Waals surface area contributed by atoms with E-state index < -0.39 is 5.82 Å². The summed E-state index contributed by atoms with van der Waals surface area (Å²) in [6.07, 6.45) is 9.56. The first-order valence-corrected chi connectivity index (χ1v) is 13.6. The largest absolute Gasteiger partial charge is 0.455 e. The maximum atomic E-state index is 15.4. The van der Waals surface area contributed by atoms with Crippen molar-refractivity contribution in [1.82, 2.24) is 34.4 Å². The first-order valence-electron chi connectivity index (χ1n) is 13.3. The number of nitrogens with zero attached hydrogens (tertiary/aromatic N) is 7. The molecule has 7 rings (SSSR count). The zero-order valence-electron chi connectivity index (χ0n) is 21.7. The highest BCUT2D eigenvalue weighted by atomic mass is 35.5. The highest BCUT2D eigenvalue weighted by molar-refractivity contribution is 6.32. The molecule has 0 saturated carbocycles. The number of carbonyl (C=O) groups is 1. The molecule has 2 fully saturated rings. The van der Waals surface area contributed by atoms with Gasteiger partial charge >= 0.3 is 0 Å². The van der Waals surface area contributed by atoms with Gasteiger partial charge in [0.15, 0.2) is 17.3 Å². The molecular formula is C29H24ClFN8O2. The monoisotopic (exact) mass is 570 g/mol. The van der Waals surface area contributed by atoms with Crippen LogP contribution in [-0.4, -0.2) is 52.4 Å². The smallest absolute Gasteiger partial charge is 0.246 e. The van der Waals surface area contributed by atoms with Crippen molar-refractivity contribution in [3.05, 3.63) is 84.4 Å². The van der Waals surface area contributed by atoms with Crippen LogP contribution in [-0.2, 0) is 4.79 Å². The van der Waals surface area contributed by atoms with Gasteiger partial charge in [0.2, 0.25) is 5.91 Å². The van der Waals surface area contributed by atoms with E-state index in [0.717, 1.165) is 31.4 Å². The molecule has 2 bridgehead atoms. The van der Waals surface area contributed by atoms with Crippen LogP contribution in [0, 0.1) is 5.82 Å². The summed E-state index contributed by atoms with van der Waals surface area (Å²) >= 11 is 6.38. The number of pyridine rings is 2. The molecule has 2 aliphatic rings. The van der Waals surface area contributed by atoms with E-state index in [1.807, 2.05) is 17.0 Å². The van der Waals surface area contributed by atoms with E-state index in [9.17, 15) is 4.79 Å². The number of anilines is 2. The number of fused-ring (bicyclic) bond motifs is 4. The maximum absolute atomic E-state index is 15.4. The molecule has 0 radical (unpaired) electrons. The molecule has 206 valence electrons. The molecule has 3 atom stereocenters. The van der Waals surface area contributed by atoms with E-state index in [0.29, 0.717) is 28.2 Å². The molecule has 5 aromatic rings. The number of hydrogen-bond acceptors (Lipinski definition) is 8. The van der Waals surface area contributed by atoms with Crippen molar-refractivity contribution in [3.63, 3.8) is 0 Å². The fraction of sp³-hybridized carbons (Fsp3) is 0.241. The summed E-state index contributed by atoms with van der Waals surface area (Å²) in [5, 5.41) is 6.91. The zero-order valence-corrected chi connectivity index (χ0v) is 22.5. The van der Waals surface area contributed by atoms with Crippen LogP contribution >= 0.6 is 11.6 Å². The molecule has 0 spiro atoms. The first-order chi connectivity index (χ1) is 20.0. The van der Waals surface area contributed by atoms with Crippen molar-refractivity contribution in [2.24, 2.45) is 0 Å². The topological polar surface area (TPSA) is 110 Å². The van der Waals surface area contributed by atoms with Crippen LogP contribution in [0.25, 0.3) is 16.7 Å². The Morgan fingerprint density at radius 1 is 1.10 bits per heavy atom.